The maximum absolute atomic E-state index is 6.10. The average Bonchev–Trinajstić information content (AvgIpc) is 2.81. The van der Waals surface area contributed by atoms with Crippen LogP contribution in [0.5, 0.6) is 5.75 Å². The Labute approximate surface area is 105 Å². The normalized spacial score (nSPS) is 12.4. The number of hydrogen-bond acceptors (Lipinski definition) is 3. The lowest BCUT2D eigenvalue weighted by molar-refractivity contribution is 0.184. The predicted octanol–water partition coefficient (Wildman–Crippen LogP) is 3.32. The highest BCUT2D eigenvalue weighted by atomic mass is 35.5. The van der Waals surface area contributed by atoms with Crippen LogP contribution in [0.3, 0.4) is 0 Å². The van der Waals surface area contributed by atoms with Crippen LogP contribution >= 0.6 is 11.6 Å². The summed E-state index contributed by atoms with van der Waals surface area (Å²) in [6.45, 7) is 2.31. The fourth-order valence-corrected chi connectivity index (χ4v) is 1.83. The summed E-state index contributed by atoms with van der Waals surface area (Å²) in [6, 6.07) is 9.27. The Morgan fingerprint density at radius 2 is 2.24 bits per heavy atom. The summed E-state index contributed by atoms with van der Waals surface area (Å²) in [5.74, 6) is 1.31. The second-order valence-electron chi connectivity index (χ2n) is 3.79. The first kappa shape index (κ1) is 12.0. The third-order valence-corrected chi connectivity index (χ3v) is 2.73. The van der Waals surface area contributed by atoms with E-state index < -0.39 is 0 Å². The molecule has 2 aromatic rings. The number of benzene rings is 1. The average molecular weight is 252 g/mol. The van der Waals surface area contributed by atoms with Crippen LogP contribution in [-0.4, -0.2) is 6.54 Å². The van der Waals surface area contributed by atoms with Crippen LogP contribution in [0.15, 0.2) is 41.0 Å². The number of nitrogens with two attached hydrogens (primary N) is 1. The monoisotopic (exact) mass is 251 g/mol. The number of rotatable bonds is 4. The molecule has 1 aromatic heterocycles. The third kappa shape index (κ3) is 2.81. The van der Waals surface area contributed by atoms with Gasteiger partial charge in [0.25, 0.3) is 0 Å². The van der Waals surface area contributed by atoms with Gasteiger partial charge in [-0.1, -0.05) is 17.7 Å². The van der Waals surface area contributed by atoms with Crippen molar-refractivity contribution in [3.05, 3.63) is 52.9 Å². The van der Waals surface area contributed by atoms with E-state index >= 15 is 0 Å². The van der Waals surface area contributed by atoms with Crippen molar-refractivity contribution >= 4 is 11.6 Å². The third-order valence-electron chi connectivity index (χ3n) is 2.43. The molecule has 0 bridgehead atoms. The van der Waals surface area contributed by atoms with Gasteiger partial charge in [0, 0.05) is 6.54 Å². The molecule has 0 spiro atoms. The molecule has 0 fully saturated rings. The van der Waals surface area contributed by atoms with Gasteiger partial charge in [0.1, 0.15) is 11.5 Å². The maximum Gasteiger partial charge on any atom is 0.168 e. The molecule has 17 heavy (non-hydrogen) atoms. The zero-order valence-corrected chi connectivity index (χ0v) is 10.3. The Hall–Kier alpha value is -1.45. The first-order valence-electron chi connectivity index (χ1n) is 5.37. The van der Waals surface area contributed by atoms with E-state index in [4.69, 9.17) is 26.5 Å². The Morgan fingerprint density at radius 3 is 2.82 bits per heavy atom. The molecule has 1 aromatic carbocycles. The van der Waals surface area contributed by atoms with E-state index in [1.807, 2.05) is 31.2 Å². The van der Waals surface area contributed by atoms with E-state index in [0.717, 1.165) is 5.56 Å². The number of halogens is 1. The van der Waals surface area contributed by atoms with Gasteiger partial charge in [-0.3, -0.25) is 0 Å². The first-order valence-corrected chi connectivity index (χ1v) is 5.75. The molecule has 0 saturated carbocycles. The molecule has 1 atom stereocenters. The van der Waals surface area contributed by atoms with Gasteiger partial charge in [-0.2, -0.15) is 0 Å². The lowest BCUT2D eigenvalue weighted by Crippen LogP contribution is -2.18. The number of hydrogen-bond donors (Lipinski definition) is 1. The quantitative estimate of drug-likeness (QED) is 0.907. The summed E-state index contributed by atoms with van der Waals surface area (Å²) < 4.78 is 11.0. The summed E-state index contributed by atoms with van der Waals surface area (Å²) >= 11 is 6.10. The van der Waals surface area contributed by atoms with Crippen LogP contribution in [0.1, 0.15) is 17.4 Å². The Morgan fingerprint density at radius 1 is 1.41 bits per heavy atom. The van der Waals surface area contributed by atoms with Crippen molar-refractivity contribution in [3.8, 4) is 5.75 Å². The summed E-state index contributed by atoms with van der Waals surface area (Å²) in [5.41, 5.74) is 6.75. The molecule has 90 valence electrons. The minimum atomic E-state index is -0.315. The molecule has 3 nitrogen and oxygen atoms in total. The number of aryl methyl sites for hydroxylation is 1. The van der Waals surface area contributed by atoms with E-state index in [0.29, 0.717) is 23.1 Å². The standard InChI is InChI=1S/C13H14ClNO2/c1-9-4-5-11(10(14)7-9)17-13(8-15)12-3-2-6-16-12/h2-7,13H,8,15H2,1H3. The topological polar surface area (TPSA) is 48.4 Å². The minimum Gasteiger partial charge on any atom is -0.480 e. The molecule has 0 aliphatic rings. The van der Waals surface area contributed by atoms with Crippen molar-refractivity contribution in [3.63, 3.8) is 0 Å². The molecule has 0 amide bonds. The van der Waals surface area contributed by atoms with Crippen molar-refractivity contribution in [2.75, 3.05) is 6.54 Å². The fraction of sp³-hybridized carbons (Fsp3) is 0.231. The van der Waals surface area contributed by atoms with Crippen LogP contribution in [0.4, 0.5) is 0 Å². The van der Waals surface area contributed by atoms with Gasteiger partial charge in [-0.15, -0.1) is 0 Å². The van der Waals surface area contributed by atoms with Crippen molar-refractivity contribution in [2.24, 2.45) is 5.73 Å². The van der Waals surface area contributed by atoms with Gasteiger partial charge < -0.3 is 14.9 Å². The number of furan rings is 1. The van der Waals surface area contributed by atoms with Crippen molar-refractivity contribution in [2.45, 2.75) is 13.0 Å². The first-order chi connectivity index (χ1) is 8.20. The van der Waals surface area contributed by atoms with Gasteiger partial charge in [0.15, 0.2) is 6.10 Å². The van der Waals surface area contributed by atoms with Crippen LogP contribution in [0.25, 0.3) is 0 Å². The Bertz CT molecular complexity index is 482. The van der Waals surface area contributed by atoms with E-state index in [2.05, 4.69) is 0 Å². The smallest absolute Gasteiger partial charge is 0.168 e. The maximum atomic E-state index is 6.10. The second kappa shape index (κ2) is 5.25. The summed E-state index contributed by atoms with van der Waals surface area (Å²) in [4.78, 5) is 0. The van der Waals surface area contributed by atoms with Gasteiger partial charge >= 0.3 is 0 Å². The van der Waals surface area contributed by atoms with Crippen LogP contribution < -0.4 is 10.5 Å². The molecule has 1 heterocycles. The highest BCUT2D eigenvalue weighted by molar-refractivity contribution is 6.32. The van der Waals surface area contributed by atoms with Gasteiger partial charge in [-0.05, 0) is 36.8 Å². The molecule has 0 radical (unpaired) electrons. The molecule has 0 aliphatic carbocycles. The zero-order chi connectivity index (χ0) is 12.3. The molecule has 0 aliphatic heterocycles. The molecule has 0 saturated heterocycles. The van der Waals surface area contributed by atoms with E-state index in [-0.39, 0.29) is 6.10 Å². The van der Waals surface area contributed by atoms with Gasteiger partial charge in [0.2, 0.25) is 0 Å². The molecular formula is C13H14ClNO2. The molecule has 1 unspecified atom stereocenters. The lowest BCUT2D eigenvalue weighted by atomic mass is 10.2. The van der Waals surface area contributed by atoms with E-state index in [9.17, 15) is 0 Å². The largest absolute Gasteiger partial charge is 0.480 e. The lowest BCUT2D eigenvalue weighted by Gasteiger charge is -2.16. The number of ether oxygens (including phenoxy) is 1. The van der Waals surface area contributed by atoms with Crippen LogP contribution in [0, 0.1) is 6.92 Å². The Kier molecular flexibility index (Phi) is 3.71. The highest BCUT2D eigenvalue weighted by Crippen LogP contribution is 2.29. The Balaban J connectivity index is 2.19. The SMILES string of the molecule is Cc1ccc(OC(CN)c2ccco2)c(Cl)c1. The molecule has 2 rings (SSSR count). The summed E-state index contributed by atoms with van der Waals surface area (Å²) in [5, 5.41) is 0.579. The highest BCUT2D eigenvalue weighted by Gasteiger charge is 2.15. The van der Waals surface area contributed by atoms with Crippen LogP contribution in [0.2, 0.25) is 5.02 Å². The summed E-state index contributed by atoms with van der Waals surface area (Å²) in [7, 11) is 0. The predicted molar refractivity (Wildman–Crippen MR) is 67.3 cm³/mol. The van der Waals surface area contributed by atoms with Crippen molar-refractivity contribution < 1.29 is 9.15 Å². The van der Waals surface area contributed by atoms with Crippen LogP contribution in [-0.2, 0) is 0 Å². The zero-order valence-electron chi connectivity index (χ0n) is 9.52. The minimum absolute atomic E-state index is 0.315. The van der Waals surface area contributed by atoms with E-state index in [1.165, 1.54) is 0 Å². The van der Waals surface area contributed by atoms with Gasteiger partial charge in [-0.25, -0.2) is 0 Å². The van der Waals surface area contributed by atoms with Crippen molar-refractivity contribution in [1.82, 2.24) is 0 Å². The van der Waals surface area contributed by atoms with Crippen molar-refractivity contribution in [1.29, 1.82) is 0 Å². The second-order valence-corrected chi connectivity index (χ2v) is 4.20. The fourth-order valence-electron chi connectivity index (χ4n) is 1.55. The summed E-state index contributed by atoms with van der Waals surface area (Å²) in [6.07, 6.45) is 1.28. The molecule has 4 heteroatoms. The molecule has 2 N–H and O–H groups in total. The van der Waals surface area contributed by atoms with Gasteiger partial charge in [0.05, 0.1) is 11.3 Å². The molecular weight excluding hydrogens is 238 g/mol. The van der Waals surface area contributed by atoms with E-state index in [1.54, 1.807) is 12.3 Å².